The van der Waals surface area contributed by atoms with Crippen LogP contribution >= 0.6 is 11.6 Å². The predicted octanol–water partition coefficient (Wildman–Crippen LogP) is 3.74. The van der Waals surface area contributed by atoms with Crippen LogP contribution in [0.4, 0.5) is 0 Å². The molecule has 1 aromatic heterocycles. The Morgan fingerprint density at radius 2 is 1.81 bits per heavy atom. The molecule has 0 amide bonds. The smallest absolute Gasteiger partial charge is 0.488 e. The number of rotatable bonds is 9. The Kier molecular flexibility index (Phi) is 8.84. The number of hydrogen-bond donors (Lipinski definition) is 2. The molecule has 0 aliphatic carbocycles. The molecule has 0 radical (unpaired) electrons. The standard InChI is InChI=1S/C27H29BClN3O4/c1-19-22(6-5-7-24(19)28(33)34)18-36-27-12-26(35-17-21-10-20(13-30)14-31-15-21)23(11-25(27)29)16-32-8-3-2-4-9-32/h5-7,10-12,14-15,33-34H,2-4,8-9,16-18H2,1H3. The number of hydrogen-bond acceptors (Lipinski definition) is 7. The number of benzene rings is 2. The van der Waals surface area contributed by atoms with Crippen molar-refractivity contribution in [1.82, 2.24) is 9.88 Å². The maximum atomic E-state index is 9.60. The van der Waals surface area contributed by atoms with Gasteiger partial charge in [-0.05, 0) is 61.6 Å². The lowest BCUT2D eigenvalue weighted by molar-refractivity contribution is 0.214. The number of nitriles is 1. The van der Waals surface area contributed by atoms with E-state index in [9.17, 15) is 10.0 Å². The molecule has 3 aromatic rings. The number of halogens is 1. The number of aromatic nitrogens is 1. The SMILES string of the molecule is Cc1c(COc2cc(OCc3cncc(C#N)c3)c(CN3CCCCC3)cc2Cl)cccc1B(O)O. The summed E-state index contributed by atoms with van der Waals surface area (Å²) in [5.74, 6) is 1.14. The minimum atomic E-state index is -1.54. The summed E-state index contributed by atoms with van der Waals surface area (Å²) in [6.45, 7) is 5.10. The van der Waals surface area contributed by atoms with Crippen molar-refractivity contribution < 1.29 is 19.5 Å². The van der Waals surface area contributed by atoms with Gasteiger partial charge in [-0.1, -0.05) is 36.2 Å². The van der Waals surface area contributed by atoms with Crippen LogP contribution < -0.4 is 14.9 Å². The van der Waals surface area contributed by atoms with Crippen LogP contribution in [0, 0.1) is 18.3 Å². The molecule has 0 saturated carbocycles. The van der Waals surface area contributed by atoms with Crippen LogP contribution in [0.1, 0.15) is 47.1 Å². The summed E-state index contributed by atoms with van der Waals surface area (Å²) in [5.41, 5.74) is 4.28. The molecule has 9 heteroatoms. The average molecular weight is 506 g/mol. The minimum absolute atomic E-state index is 0.213. The van der Waals surface area contributed by atoms with E-state index in [1.165, 1.54) is 25.5 Å². The Bertz CT molecular complexity index is 1240. The van der Waals surface area contributed by atoms with Gasteiger partial charge in [0.25, 0.3) is 0 Å². The molecule has 1 saturated heterocycles. The molecule has 36 heavy (non-hydrogen) atoms. The van der Waals surface area contributed by atoms with Gasteiger partial charge in [0.15, 0.2) is 0 Å². The van der Waals surface area contributed by atoms with Gasteiger partial charge in [-0.25, -0.2) is 0 Å². The van der Waals surface area contributed by atoms with Crippen LogP contribution in [0.3, 0.4) is 0 Å². The second-order valence-corrected chi connectivity index (χ2v) is 9.41. The summed E-state index contributed by atoms with van der Waals surface area (Å²) in [6, 6.07) is 12.9. The third-order valence-corrected chi connectivity index (χ3v) is 6.72. The second-order valence-electron chi connectivity index (χ2n) is 9.00. The molecule has 0 bridgehead atoms. The molecular formula is C27H29BClN3O4. The van der Waals surface area contributed by atoms with Crippen LogP contribution in [0.15, 0.2) is 48.8 Å². The Morgan fingerprint density at radius 3 is 2.56 bits per heavy atom. The van der Waals surface area contributed by atoms with Crippen LogP contribution in [-0.2, 0) is 19.8 Å². The van der Waals surface area contributed by atoms with Crippen LogP contribution in [0.25, 0.3) is 0 Å². The van der Waals surface area contributed by atoms with Crippen molar-refractivity contribution >= 4 is 24.2 Å². The summed E-state index contributed by atoms with van der Waals surface area (Å²) in [4.78, 5) is 6.51. The Hall–Kier alpha value is -3.09. The lowest BCUT2D eigenvalue weighted by Gasteiger charge is -2.27. The molecular weight excluding hydrogens is 477 g/mol. The molecule has 1 aliphatic heterocycles. The number of nitrogens with zero attached hydrogens (tertiary/aromatic N) is 3. The first-order valence-electron chi connectivity index (χ1n) is 12.0. The topological polar surface area (TPSA) is 98.8 Å². The molecule has 0 spiro atoms. The van der Waals surface area contributed by atoms with Crippen molar-refractivity contribution in [3.05, 3.63) is 81.6 Å². The highest BCUT2D eigenvalue weighted by atomic mass is 35.5. The monoisotopic (exact) mass is 505 g/mol. The lowest BCUT2D eigenvalue weighted by Crippen LogP contribution is -2.32. The summed E-state index contributed by atoms with van der Waals surface area (Å²) >= 11 is 6.64. The van der Waals surface area contributed by atoms with Crippen molar-refractivity contribution in [2.45, 2.75) is 45.9 Å². The van der Waals surface area contributed by atoms with E-state index in [1.807, 2.05) is 25.1 Å². The van der Waals surface area contributed by atoms with Crippen molar-refractivity contribution in [1.29, 1.82) is 5.26 Å². The van der Waals surface area contributed by atoms with Gasteiger partial charge in [0.1, 0.15) is 30.8 Å². The number of pyridine rings is 1. The first-order valence-corrected chi connectivity index (χ1v) is 12.4. The van der Waals surface area contributed by atoms with E-state index in [-0.39, 0.29) is 13.2 Å². The fourth-order valence-electron chi connectivity index (χ4n) is 4.39. The molecule has 0 atom stereocenters. The first kappa shape index (κ1) is 26.0. The zero-order valence-electron chi connectivity index (χ0n) is 20.3. The highest BCUT2D eigenvalue weighted by Crippen LogP contribution is 2.35. The van der Waals surface area contributed by atoms with Gasteiger partial charge in [0.2, 0.25) is 0 Å². The Morgan fingerprint density at radius 1 is 1.03 bits per heavy atom. The van der Waals surface area contributed by atoms with Gasteiger partial charge in [-0.3, -0.25) is 9.88 Å². The summed E-state index contributed by atoms with van der Waals surface area (Å²) in [5, 5.41) is 28.8. The number of ether oxygens (including phenoxy) is 2. The molecule has 1 fully saturated rings. The van der Waals surface area contributed by atoms with Gasteiger partial charge < -0.3 is 19.5 Å². The second kappa shape index (κ2) is 12.2. The van der Waals surface area contributed by atoms with E-state index in [0.29, 0.717) is 27.5 Å². The third kappa shape index (κ3) is 6.57. The normalized spacial score (nSPS) is 13.8. The molecule has 2 heterocycles. The molecule has 2 N–H and O–H groups in total. The largest absolute Gasteiger partial charge is 0.488 e. The van der Waals surface area contributed by atoms with E-state index < -0.39 is 7.12 Å². The van der Waals surface area contributed by atoms with E-state index in [0.717, 1.165) is 41.9 Å². The molecule has 4 rings (SSSR count). The number of piperidine rings is 1. The van der Waals surface area contributed by atoms with E-state index in [4.69, 9.17) is 26.3 Å². The summed E-state index contributed by atoms with van der Waals surface area (Å²) in [7, 11) is -1.54. The first-order chi connectivity index (χ1) is 17.4. The third-order valence-electron chi connectivity index (χ3n) is 6.43. The minimum Gasteiger partial charge on any atom is -0.488 e. The van der Waals surface area contributed by atoms with Crippen LogP contribution in [0.2, 0.25) is 5.02 Å². The van der Waals surface area contributed by atoms with Gasteiger partial charge in [-0.2, -0.15) is 5.26 Å². The average Bonchev–Trinajstić information content (AvgIpc) is 2.89. The van der Waals surface area contributed by atoms with Gasteiger partial charge in [0, 0.05) is 36.1 Å². The van der Waals surface area contributed by atoms with Crippen LogP contribution in [-0.4, -0.2) is 40.1 Å². The number of likely N-dealkylation sites (tertiary alicyclic amines) is 1. The molecule has 0 unspecified atom stereocenters. The molecule has 1 aliphatic rings. The lowest BCUT2D eigenvalue weighted by atomic mass is 9.76. The summed E-state index contributed by atoms with van der Waals surface area (Å²) in [6.07, 6.45) is 6.82. The summed E-state index contributed by atoms with van der Waals surface area (Å²) < 4.78 is 12.3. The highest BCUT2D eigenvalue weighted by Gasteiger charge is 2.19. The van der Waals surface area contributed by atoms with E-state index in [2.05, 4.69) is 16.0 Å². The maximum absolute atomic E-state index is 9.60. The van der Waals surface area contributed by atoms with Crippen molar-refractivity contribution in [2.75, 3.05) is 13.1 Å². The van der Waals surface area contributed by atoms with Crippen molar-refractivity contribution in [3.63, 3.8) is 0 Å². The van der Waals surface area contributed by atoms with E-state index >= 15 is 0 Å². The van der Waals surface area contributed by atoms with Gasteiger partial charge in [-0.15, -0.1) is 0 Å². The van der Waals surface area contributed by atoms with Gasteiger partial charge >= 0.3 is 7.12 Å². The molecule has 186 valence electrons. The Labute approximate surface area is 217 Å². The maximum Gasteiger partial charge on any atom is 0.488 e. The molecule has 7 nitrogen and oxygen atoms in total. The predicted molar refractivity (Wildman–Crippen MR) is 139 cm³/mol. The van der Waals surface area contributed by atoms with E-state index in [1.54, 1.807) is 24.4 Å². The Balaban J connectivity index is 1.57. The fourth-order valence-corrected chi connectivity index (χ4v) is 4.63. The molecule has 2 aromatic carbocycles. The van der Waals surface area contributed by atoms with Crippen molar-refractivity contribution in [3.8, 4) is 17.6 Å². The highest BCUT2D eigenvalue weighted by molar-refractivity contribution is 6.59. The van der Waals surface area contributed by atoms with Crippen LogP contribution in [0.5, 0.6) is 11.5 Å². The zero-order valence-corrected chi connectivity index (χ0v) is 21.0. The quantitative estimate of drug-likeness (QED) is 0.427. The zero-order chi connectivity index (χ0) is 25.5. The van der Waals surface area contributed by atoms with Crippen molar-refractivity contribution in [2.24, 2.45) is 0 Å². The fraction of sp³-hybridized carbons (Fsp3) is 0.333. The van der Waals surface area contributed by atoms with Gasteiger partial charge in [0.05, 0.1) is 10.6 Å².